The lowest BCUT2D eigenvalue weighted by atomic mass is 10.1. The summed E-state index contributed by atoms with van der Waals surface area (Å²) < 4.78 is 26.8. The maximum atomic E-state index is 12.4. The van der Waals surface area contributed by atoms with E-state index in [1.807, 2.05) is 30.3 Å². The van der Waals surface area contributed by atoms with Crippen LogP contribution in [-0.4, -0.2) is 29.7 Å². The maximum Gasteiger partial charge on any atom is 0.264 e. The first kappa shape index (κ1) is 22.3. The number of halogens is 1. The van der Waals surface area contributed by atoms with Crippen molar-refractivity contribution in [3.05, 3.63) is 70.2 Å². The number of benzene rings is 2. The third kappa shape index (κ3) is 4.95. The fraction of sp³-hybridized carbons (Fsp3) is 0.136. The van der Waals surface area contributed by atoms with E-state index in [-0.39, 0.29) is 5.91 Å². The van der Waals surface area contributed by atoms with Gasteiger partial charge >= 0.3 is 0 Å². The number of hydrogen-bond donors (Lipinski definition) is 2. The number of rotatable bonds is 5. The summed E-state index contributed by atoms with van der Waals surface area (Å²) in [6.07, 6.45) is 3.52. The number of amidine groups is 1. The Balaban J connectivity index is 1.59. The lowest BCUT2D eigenvalue weighted by Gasteiger charge is -2.11. The molecule has 164 valence electrons. The molecule has 0 unspecified atom stereocenters. The second-order valence-electron chi connectivity index (χ2n) is 7.30. The van der Waals surface area contributed by atoms with Gasteiger partial charge in [0.15, 0.2) is 5.17 Å². The molecule has 2 N–H and O–H groups in total. The first-order valence-corrected chi connectivity index (χ1v) is 12.4. The van der Waals surface area contributed by atoms with Crippen LogP contribution in [0.25, 0.3) is 17.0 Å². The summed E-state index contributed by atoms with van der Waals surface area (Å²) in [4.78, 5) is 21.6. The minimum atomic E-state index is -3.51. The standard InChI is InChI=1S/C22H19ClN4O3S2/c1-13(2)32(29,30)27-16-6-7-17(23)19(12-16)25-22-26-21(28)20(31-22)11-14-5-8-18-15(10-14)4-3-9-24-18/h3-13,27H,1-2H3,(H,25,26,28). The Labute approximate surface area is 195 Å². The largest absolute Gasteiger partial charge is 0.300 e. The van der Waals surface area contributed by atoms with Crippen LogP contribution < -0.4 is 10.0 Å². The second kappa shape index (κ2) is 8.93. The molecule has 1 saturated heterocycles. The molecule has 1 amide bonds. The molecule has 0 spiro atoms. The van der Waals surface area contributed by atoms with Gasteiger partial charge in [0.05, 0.1) is 32.1 Å². The van der Waals surface area contributed by atoms with Crippen molar-refractivity contribution in [2.24, 2.45) is 4.99 Å². The molecule has 0 radical (unpaired) electrons. The van der Waals surface area contributed by atoms with Gasteiger partial charge in [-0.2, -0.15) is 0 Å². The normalized spacial score (nSPS) is 16.8. The van der Waals surface area contributed by atoms with Crippen LogP contribution in [0.4, 0.5) is 11.4 Å². The molecule has 1 aromatic heterocycles. The van der Waals surface area contributed by atoms with Crippen LogP contribution in [0.5, 0.6) is 0 Å². The molecule has 3 aromatic rings. The van der Waals surface area contributed by atoms with Crippen LogP contribution in [0.15, 0.2) is 64.6 Å². The van der Waals surface area contributed by atoms with Gasteiger partial charge in [0.2, 0.25) is 10.0 Å². The molecular formula is C22H19ClN4O3S2. The maximum absolute atomic E-state index is 12.4. The highest BCUT2D eigenvalue weighted by Gasteiger charge is 2.24. The molecule has 32 heavy (non-hydrogen) atoms. The topological polar surface area (TPSA) is 101 Å². The summed E-state index contributed by atoms with van der Waals surface area (Å²) in [6, 6.07) is 14.2. The van der Waals surface area contributed by atoms with E-state index in [0.29, 0.717) is 26.5 Å². The molecule has 0 bridgehead atoms. The van der Waals surface area contributed by atoms with Crippen molar-refractivity contribution in [2.75, 3.05) is 4.72 Å². The van der Waals surface area contributed by atoms with Crippen LogP contribution in [-0.2, 0) is 14.8 Å². The van der Waals surface area contributed by atoms with Gasteiger partial charge in [-0.15, -0.1) is 0 Å². The van der Waals surface area contributed by atoms with Crippen molar-refractivity contribution >= 4 is 72.8 Å². The summed E-state index contributed by atoms with van der Waals surface area (Å²) in [6.45, 7) is 3.17. The van der Waals surface area contributed by atoms with E-state index >= 15 is 0 Å². The van der Waals surface area contributed by atoms with Crippen LogP contribution >= 0.6 is 23.4 Å². The second-order valence-corrected chi connectivity index (χ2v) is 11.0. The first-order chi connectivity index (χ1) is 15.2. The number of aromatic nitrogens is 1. The summed E-state index contributed by atoms with van der Waals surface area (Å²) in [5, 5.41) is 3.80. The lowest BCUT2D eigenvalue weighted by Crippen LogP contribution is -2.22. The zero-order chi connectivity index (χ0) is 22.9. The zero-order valence-corrected chi connectivity index (χ0v) is 19.6. The number of fused-ring (bicyclic) bond motifs is 1. The fourth-order valence-electron chi connectivity index (χ4n) is 2.87. The average Bonchev–Trinajstić information content (AvgIpc) is 3.08. The molecular weight excluding hydrogens is 468 g/mol. The van der Waals surface area contributed by atoms with Gasteiger partial charge in [-0.25, -0.2) is 13.4 Å². The number of carbonyl (C=O) groups excluding carboxylic acids is 1. The number of hydrogen-bond acceptors (Lipinski definition) is 6. The number of anilines is 1. The minimum Gasteiger partial charge on any atom is -0.300 e. The molecule has 1 aliphatic rings. The van der Waals surface area contributed by atoms with Crippen LogP contribution in [0.3, 0.4) is 0 Å². The van der Waals surface area contributed by atoms with E-state index in [0.717, 1.165) is 16.5 Å². The monoisotopic (exact) mass is 486 g/mol. The summed E-state index contributed by atoms with van der Waals surface area (Å²) in [5.41, 5.74) is 2.43. The number of nitrogens with one attached hydrogen (secondary N) is 2. The molecule has 1 aliphatic heterocycles. The molecule has 10 heteroatoms. The van der Waals surface area contributed by atoms with Gasteiger partial charge < -0.3 is 5.32 Å². The number of nitrogens with zero attached hydrogens (tertiary/aromatic N) is 2. The van der Waals surface area contributed by atoms with Crippen LogP contribution in [0, 0.1) is 0 Å². The molecule has 1 fully saturated rings. The quantitative estimate of drug-likeness (QED) is 0.498. The molecule has 0 saturated carbocycles. The molecule has 2 heterocycles. The highest BCUT2D eigenvalue weighted by Crippen LogP contribution is 2.33. The molecule has 2 aromatic carbocycles. The average molecular weight is 487 g/mol. The Morgan fingerprint density at radius 3 is 2.78 bits per heavy atom. The number of pyridine rings is 1. The highest BCUT2D eigenvalue weighted by molar-refractivity contribution is 8.18. The Kier molecular flexibility index (Phi) is 6.23. The van der Waals surface area contributed by atoms with E-state index in [1.165, 1.54) is 17.8 Å². The van der Waals surface area contributed by atoms with Gasteiger partial charge in [0, 0.05) is 11.6 Å². The number of thioether (sulfide) groups is 1. The zero-order valence-electron chi connectivity index (χ0n) is 17.2. The van der Waals surface area contributed by atoms with Crippen molar-refractivity contribution in [1.29, 1.82) is 0 Å². The van der Waals surface area contributed by atoms with Crippen molar-refractivity contribution in [3.8, 4) is 0 Å². The predicted molar refractivity (Wildman–Crippen MR) is 132 cm³/mol. The number of sulfonamides is 1. The van der Waals surface area contributed by atoms with Crippen LogP contribution in [0.1, 0.15) is 19.4 Å². The van der Waals surface area contributed by atoms with Crippen molar-refractivity contribution < 1.29 is 13.2 Å². The van der Waals surface area contributed by atoms with Crippen molar-refractivity contribution in [1.82, 2.24) is 10.3 Å². The van der Waals surface area contributed by atoms with Crippen molar-refractivity contribution in [3.63, 3.8) is 0 Å². The third-order valence-electron chi connectivity index (χ3n) is 4.62. The number of carbonyl (C=O) groups is 1. The van der Waals surface area contributed by atoms with Gasteiger partial charge in [-0.3, -0.25) is 14.5 Å². The van der Waals surface area contributed by atoms with Gasteiger partial charge in [0.1, 0.15) is 0 Å². The third-order valence-corrected chi connectivity index (χ3v) is 7.62. The van der Waals surface area contributed by atoms with Gasteiger partial charge in [-0.05, 0) is 73.6 Å². The Morgan fingerprint density at radius 2 is 2.00 bits per heavy atom. The Morgan fingerprint density at radius 1 is 1.19 bits per heavy atom. The lowest BCUT2D eigenvalue weighted by molar-refractivity contribution is -0.115. The van der Waals surface area contributed by atoms with E-state index in [9.17, 15) is 13.2 Å². The summed E-state index contributed by atoms with van der Waals surface area (Å²) in [5.74, 6) is -0.271. The Hall–Kier alpha value is -2.88. The molecule has 7 nitrogen and oxygen atoms in total. The van der Waals surface area contributed by atoms with E-state index < -0.39 is 15.3 Å². The first-order valence-electron chi connectivity index (χ1n) is 9.67. The number of aliphatic imine (C=N–C) groups is 1. The van der Waals surface area contributed by atoms with Gasteiger partial charge in [-0.1, -0.05) is 23.7 Å². The fourth-order valence-corrected chi connectivity index (χ4v) is 4.55. The highest BCUT2D eigenvalue weighted by atomic mass is 35.5. The molecule has 4 rings (SSSR count). The summed E-state index contributed by atoms with van der Waals surface area (Å²) >= 11 is 7.42. The van der Waals surface area contributed by atoms with E-state index in [4.69, 9.17) is 11.6 Å². The van der Waals surface area contributed by atoms with Crippen molar-refractivity contribution in [2.45, 2.75) is 19.1 Å². The predicted octanol–water partition coefficient (Wildman–Crippen LogP) is 4.93. The SMILES string of the molecule is CC(C)S(=O)(=O)Nc1ccc(Cl)c(N=C2NC(=O)C(=Cc3ccc4ncccc4c3)S2)c1. The summed E-state index contributed by atoms with van der Waals surface area (Å²) in [7, 11) is -3.51. The molecule has 0 atom stereocenters. The van der Waals surface area contributed by atoms with Crippen LogP contribution in [0.2, 0.25) is 5.02 Å². The smallest absolute Gasteiger partial charge is 0.264 e. The van der Waals surface area contributed by atoms with Gasteiger partial charge in [0.25, 0.3) is 5.91 Å². The van der Waals surface area contributed by atoms with E-state index in [1.54, 1.807) is 38.3 Å². The Bertz CT molecular complexity index is 1380. The van der Waals surface area contributed by atoms with E-state index in [2.05, 4.69) is 20.0 Å². The molecule has 0 aliphatic carbocycles. The minimum absolute atomic E-state index is 0.271. The number of amides is 1.